The molecule has 0 fully saturated rings. The number of hydrogen-bond acceptors (Lipinski definition) is 7. The molecule has 9 nitrogen and oxygen atoms in total. The molecule has 0 saturated heterocycles. The van der Waals surface area contributed by atoms with Gasteiger partial charge in [-0.05, 0) is 19.9 Å². The van der Waals surface area contributed by atoms with Crippen molar-refractivity contribution in [3.63, 3.8) is 0 Å². The molecule has 0 aromatic carbocycles. The standard InChI is InChI=1S/C21H22F3N7O2/c1-21(2,33)17(22)11-29-20(32)13-9-27-15(6-14(13)26-4-3-18(23)24)16-10-28-19-5-12(7-25)8-30-31(16)19/h5-6,8-10,17-18,33H,3-4,11H2,1-2H3,(H,26,27)(H,29,32)/t17-/m1/s1. The minimum atomic E-state index is -2.53. The molecule has 0 spiro atoms. The topological polar surface area (TPSA) is 128 Å². The van der Waals surface area contributed by atoms with Crippen LogP contribution in [0.5, 0.6) is 0 Å². The van der Waals surface area contributed by atoms with Crippen molar-refractivity contribution in [2.45, 2.75) is 38.5 Å². The van der Waals surface area contributed by atoms with Gasteiger partial charge in [0, 0.05) is 25.2 Å². The molecule has 0 saturated carbocycles. The van der Waals surface area contributed by atoms with E-state index in [2.05, 4.69) is 25.7 Å². The number of nitrogens with zero attached hydrogens (tertiary/aromatic N) is 5. The van der Waals surface area contributed by atoms with Crippen molar-refractivity contribution in [1.29, 1.82) is 5.26 Å². The number of alkyl halides is 3. The SMILES string of the molecule is CC(C)(O)[C@H](F)CNC(=O)c1cnc(-c2cnc3cc(C#N)cnn23)cc1NCCC(F)F. The van der Waals surface area contributed by atoms with E-state index in [0.29, 0.717) is 22.6 Å². The van der Waals surface area contributed by atoms with E-state index in [9.17, 15) is 23.1 Å². The van der Waals surface area contributed by atoms with E-state index in [4.69, 9.17) is 5.26 Å². The average molecular weight is 461 g/mol. The number of aliphatic hydroxyl groups is 1. The average Bonchev–Trinajstić information content (AvgIpc) is 3.19. The van der Waals surface area contributed by atoms with Crippen LogP contribution < -0.4 is 10.6 Å². The molecule has 1 amide bonds. The Kier molecular flexibility index (Phi) is 7.13. The summed E-state index contributed by atoms with van der Waals surface area (Å²) in [5.74, 6) is -0.685. The van der Waals surface area contributed by atoms with E-state index < -0.39 is 37.1 Å². The van der Waals surface area contributed by atoms with Gasteiger partial charge in [-0.1, -0.05) is 0 Å². The molecule has 0 aliphatic rings. The Hall–Kier alpha value is -3.72. The van der Waals surface area contributed by atoms with Gasteiger partial charge in [-0.25, -0.2) is 22.7 Å². The summed E-state index contributed by atoms with van der Waals surface area (Å²) < 4.78 is 40.7. The lowest BCUT2D eigenvalue weighted by Gasteiger charge is -2.22. The summed E-state index contributed by atoms with van der Waals surface area (Å²) in [6.45, 7) is 1.99. The Balaban J connectivity index is 1.91. The van der Waals surface area contributed by atoms with Crippen molar-refractivity contribution in [2.75, 3.05) is 18.4 Å². The Bertz CT molecular complexity index is 1180. The van der Waals surface area contributed by atoms with Crippen molar-refractivity contribution < 1.29 is 23.1 Å². The number of fused-ring (bicyclic) bond motifs is 1. The number of aromatic nitrogens is 4. The minimum Gasteiger partial charge on any atom is -0.387 e. The first-order chi connectivity index (χ1) is 15.6. The van der Waals surface area contributed by atoms with Crippen molar-refractivity contribution in [3.8, 4) is 17.5 Å². The van der Waals surface area contributed by atoms with Crippen LogP contribution in [-0.2, 0) is 0 Å². The van der Waals surface area contributed by atoms with Gasteiger partial charge >= 0.3 is 0 Å². The lowest BCUT2D eigenvalue weighted by Crippen LogP contribution is -2.42. The first-order valence-electron chi connectivity index (χ1n) is 10.0. The molecule has 33 heavy (non-hydrogen) atoms. The highest BCUT2D eigenvalue weighted by Crippen LogP contribution is 2.25. The molecule has 3 aromatic heterocycles. The van der Waals surface area contributed by atoms with Gasteiger partial charge in [0.25, 0.3) is 5.91 Å². The van der Waals surface area contributed by atoms with Crippen LogP contribution in [0.25, 0.3) is 17.0 Å². The van der Waals surface area contributed by atoms with E-state index in [0.717, 1.165) is 0 Å². The number of pyridine rings is 1. The van der Waals surface area contributed by atoms with E-state index in [1.54, 1.807) is 0 Å². The maximum absolute atomic E-state index is 14.0. The number of hydrogen-bond donors (Lipinski definition) is 3. The highest BCUT2D eigenvalue weighted by Gasteiger charge is 2.27. The van der Waals surface area contributed by atoms with E-state index >= 15 is 0 Å². The van der Waals surface area contributed by atoms with Gasteiger partial charge < -0.3 is 15.7 Å². The summed E-state index contributed by atoms with van der Waals surface area (Å²) in [4.78, 5) is 21.1. The zero-order valence-corrected chi connectivity index (χ0v) is 17.9. The molecule has 12 heteroatoms. The quantitative estimate of drug-likeness (QED) is 0.447. The first-order valence-corrected chi connectivity index (χ1v) is 10.0. The van der Waals surface area contributed by atoms with E-state index in [1.807, 2.05) is 6.07 Å². The summed E-state index contributed by atoms with van der Waals surface area (Å²) in [5.41, 5.74) is 0.103. The summed E-state index contributed by atoms with van der Waals surface area (Å²) in [6, 6.07) is 4.99. The van der Waals surface area contributed by atoms with Crippen LogP contribution in [0.1, 0.15) is 36.2 Å². The van der Waals surface area contributed by atoms with Gasteiger partial charge in [-0.3, -0.25) is 9.78 Å². The fraction of sp³-hybridized carbons (Fsp3) is 0.381. The Morgan fingerprint density at radius 1 is 1.24 bits per heavy atom. The van der Waals surface area contributed by atoms with Crippen LogP contribution in [0, 0.1) is 11.3 Å². The van der Waals surface area contributed by atoms with Crippen LogP contribution in [0.3, 0.4) is 0 Å². The van der Waals surface area contributed by atoms with Crippen molar-refractivity contribution >= 4 is 17.2 Å². The Morgan fingerprint density at radius 3 is 2.67 bits per heavy atom. The third-order valence-corrected chi connectivity index (χ3v) is 4.79. The number of carbonyl (C=O) groups excluding carboxylic acids is 1. The number of anilines is 1. The largest absolute Gasteiger partial charge is 0.387 e. The smallest absolute Gasteiger partial charge is 0.255 e. The molecule has 1 atom stereocenters. The molecule has 0 bridgehead atoms. The highest BCUT2D eigenvalue weighted by molar-refractivity contribution is 5.99. The molecule has 0 aliphatic carbocycles. The Morgan fingerprint density at radius 2 is 2.00 bits per heavy atom. The second kappa shape index (κ2) is 9.83. The van der Waals surface area contributed by atoms with Crippen LogP contribution in [0.15, 0.2) is 30.7 Å². The van der Waals surface area contributed by atoms with E-state index in [1.165, 1.54) is 49.1 Å². The molecular formula is C21H22F3N7O2. The third kappa shape index (κ3) is 5.75. The molecule has 3 heterocycles. The monoisotopic (exact) mass is 461 g/mol. The third-order valence-electron chi connectivity index (χ3n) is 4.79. The van der Waals surface area contributed by atoms with Gasteiger partial charge in [-0.15, -0.1) is 0 Å². The second-order valence-corrected chi connectivity index (χ2v) is 7.82. The van der Waals surface area contributed by atoms with Crippen molar-refractivity contribution in [1.82, 2.24) is 24.9 Å². The van der Waals surface area contributed by atoms with Gasteiger partial charge in [0.15, 0.2) is 5.65 Å². The van der Waals surface area contributed by atoms with Gasteiger partial charge in [0.05, 0.1) is 47.0 Å². The predicted octanol–water partition coefficient (Wildman–Crippen LogP) is 2.57. The normalized spacial score (nSPS) is 12.5. The molecule has 3 N–H and O–H groups in total. The number of imidazole rings is 1. The fourth-order valence-electron chi connectivity index (χ4n) is 2.88. The first kappa shape index (κ1) is 23.9. The molecule has 0 unspecified atom stereocenters. The number of nitrogens with one attached hydrogen (secondary N) is 2. The van der Waals surface area contributed by atoms with Gasteiger partial charge in [0.2, 0.25) is 6.43 Å². The highest BCUT2D eigenvalue weighted by atomic mass is 19.3. The number of halogens is 3. The maximum atomic E-state index is 14.0. The molecule has 3 rings (SSSR count). The summed E-state index contributed by atoms with van der Waals surface area (Å²) in [6.07, 6.45) is -0.629. The molecule has 3 aromatic rings. The molecular weight excluding hydrogens is 439 g/mol. The number of carbonyl (C=O) groups is 1. The van der Waals surface area contributed by atoms with Gasteiger partial charge in [-0.2, -0.15) is 10.4 Å². The zero-order chi connectivity index (χ0) is 24.2. The van der Waals surface area contributed by atoms with Crippen LogP contribution in [0.4, 0.5) is 18.9 Å². The Labute approximate surface area is 187 Å². The maximum Gasteiger partial charge on any atom is 0.255 e. The van der Waals surface area contributed by atoms with Crippen LogP contribution in [-0.4, -0.2) is 61.9 Å². The zero-order valence-electron chi connectivity index (χ0n) is 17.9. The number of amides is 1. The van der Waals surface area contributed by atoms with Crippen LogP contribution in [0.2, 0.25) is 0 Å². The number of rotatable bonds is 9. The summed E-state index contributed by atoms with van der Waals surface area (Å²) in [5, 5.41) is 28.0. The van der Waals surface area contributed by atoms with Crippen LogP contribution >= 0.6 is 0 Å². The molecule has 174 valence electrons. The minimum absolute atomic E-state index is 0.0181. The second-order valence-electron chi connectivity index (χ2n) is 7.82. The molecule has 0 aliphatic heterocycles. The summed E-state index contributed by atoms with van der Waals surface area (Å²) >= 11 is 0. The molecule has 0 radical (unpaired) electrons. The number of nitriles is 1. The van der Waals surface area contributed by atoms with Crippen molar-refractivity contribution in [3.05, 3.63) is 41.9 Å². The lowest BCUT2D eigenvalue weighted by atomic mass is 10.0. The fourth-order valence-corrected chi connectivity index (χ4v) is 2.88. The lowest BCUT2D eigenvalue weighted by molar-refractivity contribution is -0.00177. The van der Waals surface area contributed by atoms with Crippen molar-refractivity contribution in [2.24, 2.45) is 0 Å². The summed E-state index contributed by atoms with van der Waals surface area (Å²) in [7, 11) is 0. The predicted molar refractivity (Wildman–Crippen MR) is 114 cm³/mol. The van der Waals surface area contributed by atoms with Gasteiger partial charge in [0.1, 0.15) is 17.9 Å². The van der Waals surface area contributed by atoms with E-state index in [-0.39, 0.29) is 17.8 Å².